The lowest BCUT2D eigenvalue weighted by molar-refractivity contribution is -0.0318. The number of ether oxygens (including phenoxy) is 4. The van der Waals surface area contributed by atoms with E-state index in [0.29, 0.717) is 33.8 Å². The number of phenolic OH excluding ortho intramolecular Hbond substituents is 1. The van der Waals surface area contributed by atoms with Gasteiger partial charge in [0.2, 0.25) is 11.5 Å². The fourth-order valence-corrected chi connectivity index (χ4v) is 4.27. The molecule has 2 heterocycles. The van der Waals surface area contributed by atoms with Crippen molar-refractivity contribution in [3.8, 4) is 28.7 Å². The highest BCUT2D eigenvalue weighted by Crippen LogP contribution is 2.53. The van der Waals surface area contributed by atoms with Gasteiger partial charge in [-0.1, -0.05) is 45.9 Å². The maximum Gasteiger partial charge on any atom is 0.340 e. The molecule has 1 N–H and O–H groups in total. The van der Waals surface area contributed by atoms with Gasteiger partial charge in [0, 0.05) is 27.3 Å². The minimum atomic E-state index is -0.648. The Labute approximate surface area is 210 Å². The van der Waals surface area contributed by atoms with Gasteiger partial charge in [-0.05, 0) is 24.3 Å². The Kier molecular flexibility index (Phi) is 6.29. The molecule has 0 aliphatic carbocycles. The molecule has 7 heteroatoms. The van der Waals surface area contributed by atoms with Crippen molar-refractivity contribution in [2.24, 2.45) is 5.41 Å². The number of hydrogen-bond acceptors (Lipinski definition) is 7. The van der Waals surface area contributed by atoms with Crippen LogP contribution in [0.4, 0.5) is 0 Å². The minimum Gasteiger partial charge on any atom is -0.504 e. The molecule has 1 aliphatic rings. The first-order chi connectivity index (χ1) is 17.0. The fraction of sp³-hybridized carbons (Fsp3) is 0.345. The van der Waals surface area contributed by atoms with Crippen LogP contribution in [-0.2, 0) is 5.41 Å². The van der Waals surface area contributed by atoms with Gasteiger partial charge in [0.1, 0.15) is 6.10 Å². The molecular formula is C29H32O7. The van der Waals surface area contributed by atoms with Crippen molar-refractivity contribution in [3.63, 3.8) is 0 Å². The van der Waals surface area contributed by atoms with Crippen molar-refractivity contribution in [3.05, 3.63) is 77.2 Å². The smallest absolute Gasteiger partial charge is 0.340 e. The summed E-state index contributed by atoms with van der Waals surface area (Å²) in [6.07, 6.45) is 2.32. The number of aromatic hydroxyl groups is 1. The predicted molar refractivity (Wildman–Crippen MR) is 139 cm³/mol. The van der Waals surface area contributed by atoms with Gasteiger partial charge in [0.25, 0.3) is 0 Å². The molecule has 0 bridgehead atoms. The molecule has 4 rings (SSSR count). The predicted octanol–water partition coefficient (Wildman–Crippen LogP) is 6.07. The molecule has 1 aromatic heterocycles. The SMILES string of the molecule is C=CC(C)(C)c1cc2cc(OC)c3c(c2oc1=O)O[C@@H](c1ccc(O)c(OC)c1)[C@H](C(C)(C)C=C)O3. The lowest BCUT2D eigenvalue weighted by atomic mass is 9.80. The van der Waals surface area contributed by atoms with Crippen molar-refractivity contribution < 1.29 is 28.5 Å². The third kappa shape index (κ3) is 4.08. The molecule has 1 aliphatic heterocycles. The summed E-state index contributed by atoms with van der Waals surface area (Å²) in [5.74, 6) is 1.35. The molecule has 0 saturated heterocycles. The van der Waals surface area contributed by atoms with Gasteiger partial charge >= 0.3 is 5.63 Å². The zero-order valence-corrected chi connectivity index (χ0v) is 21.5. The zero-order chi connectivity index (χ0) is 26.4. The Balaban J connectivity index is 1.98. The second-order valence-electron chi connectivity index (χ2n) is 10.1. The quantitative estimate of drug-likeness (QED) is 0.316. The molecule has 3 aromatic rings. The van der Waals surface area contributed by atoms with Gasteiger partial charge in [-0.25, -0.2) is 4.79 Å². The highest BCUT2D eigenvalue weighted by atomic mass is 16.6. The van der Waals surface area contributed by atoms with E-state index in [0.717, 1.165) is 0 Å². The Bertz CT molecular complexity index is 1400. The van der Waals surface area contributed by atoms with Crippen molar-refractivity contribution in [2.45, 2.75) is 45.3 Å². The van der Waals surface area contributed by atoms with Gasteiger partial charge < -0.3 is 28.5 Å². The molecule has 0 saturated carbocycles. The minimum absolute atomic E-state index is 0.00777. The highest BCUT2D eigenvalue weighted by Gasteiger charge is 2.44. The Morgan fingerprint density at radius 2 is 1.64 bits per heavy atom. The molecule has 0 spiro atoms. The summed E-state index contributed by atoms with van der Waals surface area (Å²) >= 11 is 0. The number of allylic oxidation sites excluding steroid dienone is 1. The lowest BCUT2D eigenvalue weighted by Gasteiger charge is -2.41. The fourth-order valence-electron chi connectivity index (χ4n) is 4.27. The molecule has 7 nitrogen and oxygen atoms in total. The Hall–Kier alpha value is -3.87. The summed E-state index contributed by atoms with van der Waals surface area (Å²) in [7, 11) is 3.02. The first kappa shape index (κ1) is 25.2. The molecule has 190 valence electrons. The van der Waals surface area contributed by atoms with Crippen LogP contribution in [0.1, 0.15) is 44.9 Å². The van der Waals surface area contributed by atoms with E-state index in [9.17, 15) is 9.90 Å². The zero-order valence-electron chi connectivity index (χ0n) is 21.5. The number of fused-ring (bicyclic) bond motifs is 3. The van der Waals surface area contributed by atoms with E-state index in [-0.39, 0.29) is 17.1 Å². The topological polar surface area (TPSA) is 87.4 Å². The van der Waals surface area contributed by atoms with Crippen LogP contribution in [0.15, 0.2) is 64.9 Å². The first-order valence-electron chi connectivity index (χ1n) is 11.6. The van der Waals surface area contributed by atoms with E-state index in [2.05, 4.69) is 13.2 Å². The first-order valence-corrected chi connectivity index (χ1v) is 11.6. The van der Waals surface area contributed by atoms with Crippen molar-refractivity contribution >= 4 is 11.0 Å². The summed E-state index contributed by atoms with van der Waals surface area (Å²) in [6.45, 7) is 15.6. The average molecular weight is 493 g/mol. The maximum atomic E-state index is 13.0. The average Bonchev–Trinajstić information content (AvgIpc) is 2.87. The maximum absolute atomic E-state index is 13.0. The van der Waals surface area contributed by atoms with Crippen LogP contribution in [0, 0.1) is 5.41 Å². The molecule has 0 fully saturated rings. The third-order valence-electron chi connectivity index (χ3n) is 6.88. The van der Waals surface area contributed by atoms with Gasteiger partial charge in [-0.3, -0.25) is 0 Å². The summed E-state index contributed by atoms with van der Waals surface area (Å²) in [5.41, 5.74) is -0.192. The van der Waals surface area contributed by atoms with Gasteiger partial charge in [-0.15, -0.1) is 13.2 Å². The largest absolute Gasteiger partial charge is 0.504 e. The Morgan fingerprint density at radius 3 is 2.25 bits per heavy atom. The van der Waals surface area contributed by atoms with E-state index in [1.165, 1.54) is 7.11 Å². The third-order valence-corrected chi connectivity index (χ3v) is 6.88. The molecule has 0 radical (unpaired) electrons. The molecule has 36 heavy (non-hydrogen) atoms. The lowest BCUT2D eigenvalue weighted by Crippen LogP contribution is -2.43. The van der Waals surface area contributed by atoms with E-state index >= 15 is 0 Å². The number of phenols is 1. The van der Waals surface area contributed by atoms with E-state index in [1.54, 1.807) is 49.6 Å². The summed E-state index contributed by atoms with van der Waals surface area (Å²) in [4.78, 5) is 13.0. The second-order valence-corrected chi connectivity index (χ2v) is 10.1. The highest BCUT2D eigenvalue weighted by molar-refractivity contribution is 5.89. The summed E-state index contributed by atoms with van der Waals surface area (Å²) in [6, 6.07) is 8.52. The van der Waals surface area contributed by atoms with Crippen LogP contribution < -0.4 is 24.6 Å². The number of benzene rings is 2. The van der Waals surface area contributed by atoms with Gasteiger partial charge in [0.05, 0.1) is 14.2 Å². The molecule has 0 amide bonds. The van der Waals surface area contributed by atoms with Crippen LogP contribution in [0.2, 0.25) is 0 Å². The van der Waals surface area contributed by atoms with Crippen LogP contribution in [0.3, 0.4) is 0 Å². The molecule has 2 aromatic carbocycles. The van der Waals surface area contributed by atoms with Crippen LogP contribution in [-0.4, -0.2) is 25.4 Å². The Morgan fingerprint density at radius 1 is 0.944 bits per heavy atom. The van der Waals surface area contributed by atoms with Gasteiger partial charge in [0.15, 0.2) is 28.9 Å². The van der Waals surface area contributed by atoms with Crippen molar-refractivity contribution in [2.75, 3.05) is 14.2 Å². The van der Waals surface area contributed by atoms with Crippen LogP contribution >= 0.6 is 0 Å². The molecular weight excluding hydrogens is 460 g/mol. The van der Waals surface area contributed by atoms with Crippen molar-refractivity contribution in [1.29, 1.82) is 0 Å². The van der Waals surface area contributed by atoms with Gasteiger partial charge in [-0.2, -0.15) is 0 Å². The standard InChI is InChI=1S/C29H32O7/c1-9-28(3,4)18-13-17-15-21(33-8)24-25(22(17)36-27(18)31)34-23(26(35-24)29(5,6)10-2)16-11-12-19(30)20(14-16)32-7/h9-15,23,26,30H,1-2H2,3-8H3/t23-,26+/m0/s1. The summed E-state index contributed by atoms with van der Waals surface area (Å²) in [5, 5.41) is 10.8. The number of rotatable bonds is 7. The second kappa shape index (κ2) is 8.97. The van der Waals surface area contributed by atoms with E-state index in [4.69, 9.17) is 23.4 Å². The number of methoxy groups -OCH3 is 2. The molecule has 0 unspecified atom stereocenters. The summed E-state index contributed by atoms with van der Waals surface area (Å²) < 4.78 is 29.9. The molecule has 2 atom stereocenters. The van der Waals surface area contributed by atoms with E-state index in [1.807, 2.05) is 27.7 Å². The van der Waals surface area contributed by atoms with E-state index < -0.39 is 28.7 Å². The van der Waals surface area contributed by atoms with Crippen LogP contribution in [0.25, 0.3) is 11.0 Å². The normalized spacial score (nSPS) is 17.5. The monoisotopic (exact) mass is 492 g/mol. The number of hydrogen-bond donors (Lipinski definition) is 1. The van der Waals surface area contributed by atoms with Crippen LogP contribution in [0.5, 0.6) is 28.7 Å². The van der Waals surface area contributed by atoms with Crippen molar-refractivity contribution in [1.82, 2.24) is 0 Å².